The van der Waals surface area contributed by atoms with E-state index >= 15 is 8.42 Å². The van der Waals surface area contributed by atoms with E-state index in [4.69, 9.17) is 18.9 Å². The Kier molecular flexibility index (Phi) is 12.9. The summed E-state index contributed by atoms with van der Waals surface area (Å²) >= 11 is 2.02. The SMILES string of the molecule is COc1ccc(CN(Cc2ccc(OC)cc2)S(=O)(=O)c2c(S(=O)(=O)CCN3CCOCC3)ccc(I)c2-c2nnnn2Cc2ccc(OC)cc2)cc1. The van der Waals surface area contributed by atoms with Gasteiger partial charge in [0.25, 0.3) is 0 Å². The third kappa shape index (κ3) is 9.20. The zero-order valence-corrected chi connectivity index (χ0v) is 33.9. The second kappa shape index (κ2) is 17.5. The topological polar surface area (TPSA) is 155 Å². The highest BCUT2D eigenvalue weighted by Crippen LogP contribution is 2.39. The van der Waals surface area contributed by atoms with Gasteiger partial charge in [-0.15, -0.1) is 5.10 Å². The molecule has 0 spiro atoms. The Balaban J connectivity index is 1.51. The molecule has 6 rings (SSSR count). The fourth-order valence-electron chi connectivity index (χ4n) is 6.05. The van der Waals surface area contributed by atoms with Crippen molar-refractivity contribution < 1.29 is 35.8 Å². The first-order valence-corrected chi connectivity index (χ1v) is 21.2. The molecule has 0 bridgehead atoms. The molecule has 1 aliphatic rings. The molecular formula is C37H41IN6O8S2. The Morgan fingerprint density at radius 2 is 1.26 bits per heavy atom. The van der Waals surface area contributed by atoms with Gasteiger partial charge in [0.15, 0.2) is 15.7 Å². The summed E-state index contributed by atoms with van der Waals surface area (Å²) in [7, 11) is -4.15. The fraction of sp³-hybridized carbons (Fsp3) is 0.324. The van der Waals surface area contributed by atoms with Crippen molar-refractivity contribution in [3.8, 4) is 28.6 Å². The molecule has 1 aliphatic heterocycles. The lowest BCUT2D eigenvalue weighted by atomic mass is 10.2. The van der Waals surface area contributed by atoms with Crippen LogP contribution in [0.15, 0.2) is 94.7 Å². The molecule has 0 aliphatic carbocycles. The minimum absolute atomic E-state index is 0.0761. The third-order valence-electron chi connectivity index (χ3n) is 9.07. The van der Waals surface area contributed by atoms with Crippen molar-refractivity contribution in [2.24, 2.45) is 0 Å². The van der Waals surface area contributed by atoms with Crippen LogP contribution in [0, 0.1) is 3.57 Å². The van der Waals surface area contributed by atoms with Crippen molar-refractivity contribution in [2.75, 3.05) is 59.9 Å². The quantitative estimate of drug-likeness (QED) is 0.128. The molecule has 1 fully saturated rings. The largest absolute Gasteiger partial charge is 0.497 e. The van der Waals surface area contributed by atoms with Gasteiger partial charge in [-0.25, -0.2) is 21.5 Å². The summed E-state index contributed by atoms with van der Waals surface area (Å²) in [6.45, 7) is 2.39. The number of aromatic nitrogens is 4. The Hall–Kier alpha value is -4.14. The number of ether oxygens (including phenoxy) is 4. The second-order valence-electron chi connectivity index (χ2n) is 12.5. The van der Waals surface area contributed by atoms with Crippen LogP contribution in [0.5, 0.6) is 17.2 Å². The van der Waals surface area contributed by atoms with Gasteiger partial charge >= 0.3 is 0 Å². The van der Waals surface area contributed by atoms with Crippen molar-refractivity contribution in [2.45, 2.75) is 29.4 Å². The van der Waals surface area contributed by atoms with Crippen LogP contribution in [0.25, 0.3) is 11.4 Å². The number of sulfone groups is 1. The number of nitrogens with zero attached hydrogens (tertiary/aromatic N) is 6. The number of hydrogen-bond donors (Lipinski definition) is 0. The Labute approximate surface area is 329 Å². The van der Waals surface area contributed by atoms with Crippen molar-refractivity contribution in [3.63, 3.8) is 0 Å². The van der Waals surface area contributed by atoms with Crippen LogP contribution in [0.1, 0.15) is 16.7 Å². The molecule has 2 heterocycles. The van der Waals surface area contributed by atoms with Gasteiger partial charge in [0.05, 0.1) is 57.3 Å². The lowest BCUT2D eigenvalue weighted by Gasteiger charge is -2.27. The molecule has 0 radical (unpaired) electrons. The molecule has 5 aromatic rings. The smallest absolute Gasteiger partial charge is 0.245 e. The van der Waals surface area contributed by atoms with Gasteiger partial charge in [-0.3, -0.25) is 4.90 Å². The molecule has 0 saturated carbocycles. The van der Waals surface area contributed by atoms with Crippen molar-refractivity contribution in [1.82, 2.24) is 29.4 Å². The highest BCUT2D eigenvalue weighted by Gasteiger charge is 2.37. The van der Waals surface area contributed by atoms with E-state index in [0.29, 0.717) is 58.2 Å². The van der Waals surface area contributed by atoms with Crippen molar-refractivity contribution in [3.05, 3.63) is 105 Å². The monoisotopic (exact) mass is 888 g/mol. The summed E-state index contributed by atoms with van der Waals surface area (Å²) in [5.41, 5.74) is 2.25. The molecule has 0 unspecified atom stereocenters. The molecule has 286 valence electrons. The average Bonchev–Trinajstić information content (AvgIpc) is 3.65. The average molecular weight is 889 g/mol. The van der Waals surface area contributed by atoms with Crippen LogP contribution in [0.3, 0.4) is 0 Å². The maximum atomic E-state index is 15.5. The van der Waals surface area contributed by atoms with Gasteiger partial charge in [0.2, 0.25) is 10.0 Å². The number of morpholine rings is 1. The van der Waals surface area contributed by atoms with E-state index in [1.807, 2.05) is 39.6 Å². The molecule has 0 atom stereocenters. The normalized spacial score (nSPS) is 13.9. The van der Waals surface area contributed by atoms with Gasteiger partial charge in [0.1, 0.15) is 22.1 Å². The van der Waals surface area contributed by atoms with Gasteiger partial charge in [-0.1, -0.05) is 36.4 Å². The van der Waals surface area contributed by atoms with E-state index in [9.17, 15) is 8.42 Å². The van der Waals surface area contributed by atoms with Gasteiger partial charge < -0.3 is 18.9 Å². The maximum Gasteiger partial charge on any atom is 0.245 e. The minimum Gasteiger partial charge on any atom is -0.497 e. The molecule has 0 amide bonds. The van der Waals surface area contributed by atoms with E-state index in [2.05, 4.69) is 15.5 Å². The van der Waals surface area contributed by atoms with Crippen LogP contribution in [0.4, 0.5) is 0 Å². The van der Waals surface area contributed by atoms with Gasteiger partial charge in [0, 0.05) is 36.3 Å². The molecule has 17 heteroatoms. The van der Waals surface area contributed by atoms with Gasteiger partial charge in [-0.05, 0) is 98.2 Å². The summed E-state index contributed by atoms with van der Waals surface area (Å²) in [5.74, 6) is 1.69. The molecule has 54 heavy (non-hydrogen) atoms. The predicted octanol–water partition coefficient (Wildman–Crippen LogP) is 4.52. The van der Waals surface area contributed by atoms with Crippen LogP contribution < -0.4 is 14.2 Å². The van der Waals surface area contributed by atoms with Crippen molar-refractivity contribution in [1.29, 1.82) is 0 Å². The number of tetrazole rings is 1. The zero-order chi connectivity index (χ0) is 38.3. The number of sulfonamides is 1. The molecule has 1 saturated heterocycles. The third-order valence-corrected chi connectivity index (χ3v) is 13.7. The van der Waals surface area contributed by atoms with Crippen LogP contribution in [-0.2, 0) is 44.2 Å². The molecule has 1 aromatic heterocycles. The first-order valence-electron chi connectivity index (χ1n) is 17.0. The zero-order valence-electron chi connectivity index (χ0n) is 30.1. The van der Waals surface area contributed by atoms with Crippen LogP contribution >= 0.6 is 22.6 Å². The fourth-order valence-corrected chi connectivity index (χ4v) is 10.7. The minimum atomic E-state index is -4.64. The van der Waals surface area contributed by atoms with E-state index in [1.165, 1.54) is 15.1 Å². The van der Waals surface area contributed by atoms with E-state index in [1.54, 1.807) is 88.1 Å². The van der Waals surface area contributed by atoms with E-state index in [0.717, 1.165) is 5.56 Å². The van der Waals surface area contributed by atoms with Crippen LogP contribution in [0.2, 0.25) is 0 Å². The number of halogens is 1. The number of rotatable bonds is 16. The predicted molar refractivity (Wildman–Crippen MR) is 210 cm³/mol. The van der Waals surface area contributed by atoms with Gasteiger partial charge in [-0.2, -0.15) is 4.31 Å². The summed E-state index contributed by atoms with van der Waals surface area (Å²) in [6.07, 6.45) is 0. The number of methoxy groups -OCH3 is 3. The second-order valence-corrected chi connectivity index (χ2v) is 17.6. The first-order chi connectivity index (χ1) is 26.0. The molecule has 0 N–H and O–H groups in total. The highest BCUT2D eigenvalue weighted by molar-refractivity contribution is 14.1. The summed E-state index contributed by atoms with van der Waals surface area (Å²) in [4.78, 5) is 1.29. The summed E-state index contributed by atoms with van der Waals surface area (Å²) in [6, 6.07) is 24.4. The van der Waals surface area contributed by atoms with Crippen molar-refractivity contribution >= 4 is 42.5 Å². The standard InChI is InChI=1S/C37H41IN6O8S2/c1-49-30-10-4-27(5-11-30)24-43(25-28-6-12-31(50-2)13-7-28)54(47,48)36-34(53(45,46)23-20-42-18-21-52-22-19-42)17-16-33(38)35(36)37-39-40-41-44(37)26-29-8-14-32(51-3)15-9-29/h4-17H,18-26H2,1-3H3. The maximum absolute atomic E-state index is 15.5. The first kappa shape index (κ1) is 39.6. The number of hydrogen-bond acceptors (Lipinski definition) is 12. The molecule has 4 aromatic carbocycles. The summed E-state index contributed by atoms with van der Waals surface area (Å²) in [5, 5.41) is 12.5. The summed E-state index contributed by atoms with van der Waals surface area (Å²) < 4.78 is 84.4. The van der Waals surface area contributed by atoms with E-state index < -0.39 is 19.9 Å². The Bertz CT molecular complexity index is 2200. The number of benzene rings is 4. The lowest BCUT2D eigenvalue weighted by Crippen LogP contribution is -2.39. The van der Waals surface area contributed by atoms with E-state index in [-0.39, 0.29) is 53.1 Å². The molecule has 14 nitrogen and oxygen atoms in total. The van der Waals surface area contributed by atoms with Crippen LogP contribution in [-0.4, -0.2) is 106 Å². The Morgan fingerprint density at radius 1 is 0.741 bits per heavy atom. The Morgan fingerprint density at radius 3 is 1.78 bits per heavy atom. The lowest BCUT2D eigenvalue weighted by molar-refractivity contribution is 0.0408. The highest BCUT2D eigenvalue weighted by atomic mass is 127. The molecular weight excluding hydrogens is 847 g/mol.